The molecule has 0 amide bonds. The van der Waals surface area contributed by atoms with Gasteiger partial charge in [-0.25, -0.2) is 9.97 Å². The van der Waals surface area contributed by atoms with Crippen LogP contribution in [0, 0.1) is 0 Å². The Kier molecular flexibility index (Phi) is 4.19. The van der Waals surface area contributed by atoms with Gasteiger partial charge in [-0.1, -0.05) is 11.6 Å². The fourth-order valence-corrected chi connectivity index (χ4v) is 3.23. The van der Waals surface area contributed by atoms with E-state index in [9.17, 15) is 5.11 Å². The Morgan fingerprint density at radius 1 is 1.36 bits per heavy atom. The molecule has 1 aliphatic heterocycles. The molecule has 0 spiro atoms. The van der Waals surface area contributed by atoms with Gasteiger partial charge in [-0.15, -0.1) is 0 Å². The predicted molar refractivity (Wildman–Crippen MR) is 98.1 cm³/mol. The van der Waals surface area contributed by atoms with Crippen molar-refractivity contribution in [3.05, 3.63) is 41.3 Å². The van der Waals surface area contributed by atoms with E-state index in [2.05, 4.69) is 24.8 Å². The number of H-pyrrole nitrogens is 1. The maximum atomic E-state index is 9.71. The van der Waals surface area contributed by atoms with Crippen molar-refractivity contribution in [3.8, 4) is 0 Å². The van der Waals surface area contributed by atoms with Crippen molar-refractivity contribution in [3.63, 3.8) is 0 Å². The van der Waals surface area contributed by atoms with Crippen LogP contribution in [0.2, 0.25) is 5.02 Å². The van der Waals surface area contributed by atoms with Crippen LogP contribution in [-0.4, -0.2) is 51.3 Å². The molecular weight excluding hydrogens is 340 g/mol. The van der Waals surface area contributed by atoms with Crippen LogP contribution in [0.5, 0.6) is 0 Å². The lowest BCUT2D eigenvalue weighted by molar-refractivity contribution is 0.198. The predicted octanol–water partition coefficient (Wildman–Crippen LogP) is 2.21. The van der Waals surface area contributed by atoms with E-state index in [-0.39, 0.29) is 6.10 Å². The molecule has 7 nitrogen and oxygen atoms in total. The SMILES string of the molecule is CN(Cc1nc2ccc(Cl)cc2[nH]1)c1nccc(N2CC[C@@H](O)C2)n1. The van der Waals surface area contributed by atoms with Crippen molar-refractivity contribution >= 4 is 34.4 Å². The minimum atomic E-state index is -0.279. The van der Waals surface area contributed by atoms with Gasteiger partial charge in [-0.3, -0.25) is 0 Å². The highest BCUT2D eigenvalue weighted by molar-refractivity contribution is 6.31. The Balaban J connectivity index is 1.52. The first-order valence-electron chi connectivity index (χ1n) is 8.20. The minimum absolute atomic E-state index is 0.279. The zero-order valence-electron chi connectivity index (χ0n) is 13.9. The molecule has 3 heterocycles. The van der Waals surface area contributed by atoms with Crippen molar-refractivity contribution in [1.29, 1.82) is 0 Å². The fourth-order valence-electron chi connectivity index (χ4n) is 3.05. The van der Waals surface area contributed by atoms with Crippen LogP contribution in [0.15, 0.2) is 30.5 Å². The van der Waals surface area contributed by atoms with Gasteiger partial charge in [0.2, 0.25) is 5.95 Å². The second-order valence-corrected chi connectivity index (χ2v) is 6.74. The number of β-amino-alcohol motifs (C(OH)–C–C–N with tert-alkyl or cyclic N) is 1. The molecule has 0 bridgehead atoms. The molecule has 2 aromatic heterocycles. The monoisotopic (exact) mass is 358 g/mol. The van der Waals surface area contributed by atoms with E-state index in [0.717, 1.165) is 35.6 Å². The summed E-state index contributed by atoms with van der Waals surface area (Å²) in [5.74, 6) is 2.28. The summed E-state index contributed by atoms with van der Waals surface area (Å²) in [5, 5.41) is 10.4. The Hall–Kier alpha value is -2.38. The number of rotatable bonds is 4. The van der Waals surface area contributed by atoms with E-state index in [4.69, 9.17) is 11.6 Å². The third kappa shape index (κ3) is 3.38. The molecular formula is C17H19ClN6O. The quantitative estimate of drug-likeness (QED) is 0.744. The normalized spacial score (nSPS) is 17.4. The summed E-state index contributed by atoms with van der Waals surface area (Å²) in [5.41, 5.74) is 1.80. The molecule has 1 aliphatic rings. The molecule has 0 saturated carbocycles. The van der Waals surface area contributed by atoms with E-state index in [1.165, 1.54) is 0 Å². The topological polar surface area (TPSA) is 81.2 Å². The number of nitrogens with one attached hydrogen (secondary N) is 1. The van der Waals surface area contributed by atoms with Crippen LogP contribution < -0.4 is 9.80 Å². The maximum Gasteiger partial charge on any atom is 0.227 e. The lowest BCUT2D eigenvalue weighted by Crippen LogP contribution is -2.25. The molecule has 0 aliphatic carbocycles. The second-order valence-electron chi connectivity index (χ2n) is 6.30. The number of aromatic amines is 1. The van der Waals surface area contributed by atoms with Gasteiger partial charge < -0.3 is 19.9 Å². The van der Waals surface area contributed by atoms with Crippen molar-refractivity contribution in [2.24, 2.45) is 0 Å². The van der Waals surface area contributed by atoms with Crippen LogP contribution in [-0.2, 0) is 6.54 Å². The number of benzene rings is 1. The van der Waals surface area contributed by atoms with Gasteiger partial charge in [-0.2, -0.15) is 4.98 Å². The Morgan fingerprint density at radius 2 is 2.24 bits per heavy atom. The van der Waals surface area contributed by atoms with Gasteiger partial charge in [0.05, 0.1) is 23.7 Å². The lowest BCUT2D eigenvalue weighted by Gasteiger charge is -2.20. The minimum Gasteiger partial charge on any atom is -0.391 e. The molecule has 8 heteroatoms. The van der Waals surface area contributed by atoms with Crippen LogP contribution >= 0.6 is 11.6 Å². The molecule has 1 saturated heterocycles. The molecule has 1 aromatic carbocycles. The highest BCUT2D eigenvalue weighted by atomic mass is 35.5. The summed E-state index contributed by atoms with van der Waals surface area (Å²) < 4.78 is 0. The van der Waals surface area contributed by atoms with E-state index in [1.54, 1.807) is 6.20 Å². The van der Waals surface area contributed by atoms with E-state index < -0.39 is 0 Å². The number of imidazole rings is 1. The molecule has 0 unspecified atom stereocenters. The fraction of sp³-hybridized carbons (Fsp3) is 0.353. The van der Waals surface area contributed by atoms with Gasteiger partial charge in [-0.05, 0) is 30.7 Å². The number of aromatic nitrogens is 4. The van der Waals surface area contributed by atoms with Gasteiger partial charge in [0.25, 0.3) is 0 Å². The van der Waals surface area contributed by atoms with Crippen molar-refractivity contribution in [2.45, 2.75) is 19.1 Å². The van der Waals surface area contributed by atoms with Gasteiger partial charge in [0, 0.05) is 31.4 Å². The number of aliphatic hydroxyl groups is 1. The number of halogens is 1. The molecule has 1 atom stereocenters. The number of hydrogen-bond donors (Lipinski definition) is 2. The first-order chi connectivity index (χ1) is 12.1. The highest BCUT2D eigenvalue weighted by Crippen LogP contribution is 2.21. The smallest absolute Gasteiger partial charge is 0.227 e. The number of nitrogens with zero attached hydrogens (tertiary/aromatic N) is 5. The second kappa shape index (κ2) is 6.50. The molecule has 1 fully saturated rings. The molecule has 2 N–H and O–H groups in total. The first-order valence-corrected chi connectivity index (χ1v) is 8.57. The van der Waals surface area contributed by atoms with E-state index >= 15 is 0 Å². The van der Waals surface area contributed by atoms with Crippen LogP contribution in [0.1, 0.15) is 12.2 Å². The third-order valence-corrected chi connectivity index (χ3v) is 4.57. The van der Waals surface area contributed by atoms with Crippen molar-refractivity contribution < 1.29 is 5.11 Å². The zero-order valence-corrected chi connectivity index (χ0v) is 14.6. The average Bonchev–Trinajstić information content (AvgIpc) is 3.20. The summed E-state index contributed by atoms with van der Waals surface area (Å²) in [6.45, 7) is 1.98. The molecule has 0 radical (unpaired) electrons. The van der Waals surface area contributed by atoms with Gasteiger partial charge in [0.1, 0.15) is 11.6 Å². The molecule has 130 valence electrons. The molecule has 4 rings (SSSR count). The number of hydrogen-bond acceptors (Lipinski definition) is 6. The lowest BCUT2D eigenvalue weighted by atomic mass is 10.3. The number of anilines is 2. The van der Waals surface area contributed by atoms with Crippen LogP contribution in [0.4, 0.5) is 11.8 Å². The van der Waals surface area contributed by atoms with Gasteiger partial charge >= 0.3 is 0 Å². The Morgan fingerprint density at radius 3 is 3.04 bits per heavy atom. The number of aliphatic hydroxyl groups excluding tert-OH is 1. The third-order valence-electron chi connectivity index (χ3n) is 4.34. The molecule has 3 aromatic rings. The first kappa shape index (κ1) is 16.1. The summed E-state index contributed by atoms with van der Waals surface area (Å²) in [4.78, 5) is 20.8. The summed E-state index contributed by atoms with van der Waals surface area (Å²) >= 11 is 6.02. The summed E-state index contributed by atoms with van der Waals surface area (Å²) in [7, 11) is 1.93. The van der Waals surface area contributed by atoms with Crippen molar-refractivity contribution in [1.82, 2.24) is 19.9 Å². The molecule has 25 heavy (non-hydrogen) atoms. The van der Waals surface area contributed by atoms with Crippen LogP contribution in [0.3, 0.4) is 0 Å². The maximum absolute atomic E-state index is 9.71. The number of fused-ring (bicyclic) bond motifs is 1. The standard InChI is InChI=1S/C17H19ClN6O/c1-23(10-15-20-13-3-2-11(18)8-14(13)21-15)17-19-6-4-16(22-17)24-7-5-12(25)9-24/h2-4,6,8,12,25H,5,7,9-10H2,1H3,(H,20,21)/t12-/m1/s1. The zero-order chi connectivity index (χ0) is 17.4. The Bertz CT molecular complexity index is 898. The van der Waals surface area contributed by atoms with E-state index in [1.807, 2.05) is 36.2 Å². The van der Waals surface area contributed by atoms with Crippen molar-refractivity contribution in [2.75, 3.05) is 29.9 Å². The Labute approximate surface area is 150 Å². The van der Waals surface area contributed by atoms with Gasteiger partial charge in [0.15, 0.2) is 0 Å². The van der Waals surface area contributed by atoms with E-state index in [0.29, 0.717) is 24.1 Å². The summed E-state index contributed by atoms with van der Waals surface area (Å²) in [6.07, 6.45) is 2.24. The summed E-state index contributed by atoms with van der Waals surface area (Å²) in [6, 6.07) is 7.46. The largest absolute Gasteiger partial charge is 0.391 e. The highest BCUT2D eigenvalue weighted by Gasteiger charge is 2.22. The van der Waals surface area contributed by atoms with Crippen LogP contribution in [0.25, 0.3) is 11.0 Å². The average molecular weight is 359 g/mol.